The van der Waals surface area contributed by atoms with E-state index in [4.69, 9.17) is 22.7 Å². The molecule has 1 saturated heterocycles. The van der Waals surface area contributed by atoms with E-state index in [1.807, 2.05) is 47.4 Å². The van der Waals surface area contributed by atoms with Gasteiger partial charge in [-0.3, -0.25) is 10.4 Å². The molecule has 0 aliphatic carbocycles. The first-order valence-electron chi connectivity index (χ1n) is 7.72. The zero-order chi connectivity index (χ0) is 16.8. The number of hydrazone groups is 1. The van der Waals surface area contributed by atoms with E-state index in [9.17, 15) is 0 Å². The fourth-order valence-corrected chi connectivity index (χ4v) is 2.61. The molecular weight excluding hydrogens is 322 g/mol. The average molecular weight is 341 g/mol. The highest BCUT2D eigenvalue weighted by Crippen LogP contribution is 2.18. The Balaban J connectivity index is 1.70. The summed E-state index contributed by atoms with van der Waals surface area (Å²) in [5.41, 5.74) is 11.6. The second-order valence-corrected chi connectivity index (χ2v) is 5.70. The standard InChI is InChI=1S/C17H19N5OS/c18-16(20-21-17(24)22-8-10-23-11-9-22)15-12-14(6-7-19-15)13-4-2-1-3-5-13/h1-7,12H,8-11H2,(H2,18,20)(H,21,24). The van der Waals surface area contributed by atoms with Crippen molar-refractivity contribution in [3.8, 4) is 11.1 Å². The first-order valence-corrected chi connectivity index (χ1v) is 8.12. The van der Waals surface area contributed by atoms with Crippen LogP contribution >= 0.6 is 12.2 Å². The van der Waals surface area contributed by atoms with Crippen LogP contribution in [0.15, 0.2) is 53.8 Å². The van der Waals surface area contributed by atoms with Crippen LogP contribution in [0.25, 0.3) is 11.1 Å². The molecule has 0 atom stereocenters. The van der Waals surface area contributed by atoms with Crippen molar-refractivity contribution in [2.24, 2.45) is 10.8 Å². The largest absolute Gasteiger partial charge is 0.380 e. The fraction of sp³-hybridized carbons (Fsp3) is 0.235. The van der Waals surface area contributed by atoms with E-state index in [1.54, 1.807) is 6.20 Å². The van der Waals surface area contributed by atoms with E-state index < -0.39 is 0 Å². The maximum Gasteiger partial charge on any atom is 0.189 e. The number of aromatic nitrogens is 1. The molecule has 1 fully saturated rings. The third-order valence-corrected chi connectivity index (χ3v) is 4.05. The third-order valence-electron chi connectivity index (χ3n) is 3.70. The summed E-state index contributed by atoms with van der Waals surface area (Å²) in [4.78, 5) is 6.29. The Bertz CT molecular complexity index is 729. The van der Waals surface area contributed by atoms with Crippen molar-refractivity contribution in [1.29, 1.82) is 0 Å². The molecule has 1 aliphatic heterocycles. The summed E-state index contributed by atoms with van der Waals surface area (Å²) >= 11 is 5.32. The van der Waals surface area contributed by atoms with E-state index in [1.165, 1.54) is 0 Å². The summed E-state index contributed by atoms with van der Waals surface area (Å²) in [6.45, 7) is 2.84. The molecule has 1 aliphatic rings. The number of ether oxygens (including phenoxy) is 1. The molecule has 3 N–H and O–H groups in total. The lowest BCUT2D eigenvalue weighted by molar-refractivity contribution is 0.0677. The molecule has 0 bridgehead atoms. The van der Waals surface area contributed by atoms with Crippen LogP contribution in [0.2, 0.25) is 0 Å². The molecule has 0 spiro atoms. The highest BCUT2D eigenvalue weighted by atomic mass is 32.1. The number of hydrogen-bond donors (Lipinski definition) is 2. The van der Waals surface area contributed by atoms with Crippen molar-refractivity contribution >= 4 is 23.2 Å². The second kappa shape index (κ2) is 7.85. The molecule has 0 unspecified atom stereocenters. The summed E-state index contributed by atoms with van der Waals surface area (Å²) in [5.74, 6) is 0.295. The summed E-state index contributed by atoms with van der Waals surface area (Å²) in [7, 11) is 0. The maximum atomic E-state index is 6.04. The molecule has 0 radical (unpaired) electrons. The predicted molar refractivity (Wildman–Crippen MR) is 98.5 cm³/mol. The average Bonchev–Trinajstić information content (AvgIpc) is 2.67. The van der Waals surface area contributed by atoms with Gasteiger partial charge in [0.1, 0.15) is 5.69 Å². The van der Waals surface area contributed by atoms with Gasteiger partial charge in [-0.1, -0.05) is 30.3 Å². The molecule has 6 nitrogen and oxygen atoms in total. The number of benzene rings is 1. The number of nitrogens with zero attached hydrogens (tertiary/aromatic N) is 3. The Labute approximate surface area is 146 Å². The van der Waals surface area contributed by atoms with Crippen LogP contribution in [-0.2, 0) is 4.74 Å². The van der Waals surface area contributed by atoms with Gasteiger partial charge in [0.2, 0.25) is 0 Å². The van der Waals surface area contributed by atoms with Gasteiger partial charge < -0.3 is 15.4 Å². The van der Waals surface area contributed by atoms with Gasteiger partial charge in [-0.05, 0) is 35.5 Å². The molecule has 124 valence electrons. The normalized spacial score (nSPS) is 15.2. The summed E-state index contributed by atoms with van der Waals surface area (Å²) in [6, 6.07) is 13.9. The Morgan fingerprint density at radius 3 is 2.67 bits per heavy atom. The van der Waals surface area contributed by atoms with Crippen LogP contribution < -0.4 is 11.2 Å². The zero-order valence-corrected chi connectivity index (χ0v) is 14.0. The number of nitrogens with one attached hydrogen (secondary N) is 1. The highest BCUT2D eigenvalue weighted by molar-refractivity contribution is 7.80. The third kappa shape index (κ3) is 4.06. The number of pyridine rings is 1. The van der Waals surface area contributed by atoms with Gasteiger partial charge in [-0.15, -0.1) is 0 Å². The first kappa shape index (κ1) is 16.4. The van der Waals surface area contributed by atoms with Crippen LogP contribution in [0.4, 0.5) is 0 Å². The van der Waals surface area contributed by atoms with Crippen LogP contribution in [-0.4, -0.2) is 47.1 Å². The van der Waals surface area contributed by atoms with Crippen molar-refractivity contribution in [3.05, 3.63) is 54.4 Å². The summed E-state index contributed by atoms with van der Waals surface area (Å²) < 4.78 is 5.30. The lowest BCUT2D eigenvalue weighted by Gasteiger charge is -2.28. The van der Waals surface area contributed by atoms with Gasteiger partial charge in [-0.2, -0.15) is 5.10 Å². The molecule has 0 saturated carbocycles. The maximum absolute atomic E-state index is 6.04. The van der Waals surface area contributed by atoms with Crippen LogP contribution in [0.3, 0.4) is 0 Å². The molecule has 3 rings (SSSR count). The van der Waals surface area contributed by atoms with Gasteiger partial charge >= 0.3 is 0 Å². The molecule has 24 heavy (non-hydrogen) atoms. The molecule has 7 heteroatoms. The number of thiocarbonyl (C=S) groups is 1. The van der Waals surface area contributed by atoms with Crippen molar-refractivity contribution < 1.29 is 4.74 Å². The van der Waals surface area contributed by atoms with Gasteiger partial charge in [0.25, 0.3) is 0 Å². The van der Waals surface area contributed by atoms with E-state index in [2.05, 4.69) is 15.5 Å². The lowest BCUT2D eigenvalue weighted by atomic mass is 10.1. The second-order valence-electron chi connectivity index (χ2n) is 5.31. The van der Waals surface area contributed by atoms with Gasteiger partial charge in [0.15, 0.2) is 10.9 Å². The number of rotatable bonds is 3. The minimum atomic E-state index is 0.295. The van der Waals surface area contributed by atoms with E-state index >= 15 is 0 Å². The summed E-state index contributed by atoms with van der Waals surface area (Å²) in [5, 5.41) is 4.70. The van der Waals surface area contributed by atoms with E-state index in [0.717, 1.165) is 24.2 Å². The van der Waals surface area contributed by atoms with Crippen molar-refractivity contribution in [3.63, 3.8) is 0 Å². The fourth-order valence-electron chi connectivity index (χ4n) is 2.38. The minimum Gasteiger partial charge on any atom is -0.380 e. The van der Waals surface area contributed by atoms with Gasteiger partial charge in [0.05, 0.1) is 13.2 Å². The zero-order valence-electron chi connectivity index (χ0n) is 13.2. The number of amidine groups is 1. The van der Waals surface area contributed by atoms with Gasteiger partial charge in [0, 0.05) is 19.3 Å². The molecule has 1 aromatic carbocycles. The molecule has 1 aromatic heterocycles. The number of morpholine rings is 1. The van der Waals surface area contributed by atoms with Crippen LogP contribution in [0, 0.1) is 0 Å². The molecule has 2 heterocycles. The van der Waals surface area contributed by atoms with Crippen LogP contribution in [0.1, 0.15) is 5.69 Å². The molecule has 0 amide bonds. The van der Waals surface area contributed by atoms with Crippen molar-refractivity contribution in [2.75, 3.05) is 26.3 Å². The van der Waals surface area contributed by atoms with Crippen molar-refractivity contribution in [1.82, 2.24) is 15.3 Å². The Hall–Kier alpha value is -2.51. The minimum absolute atomic E-state index is 0.295. The van der Waals surface area contributed by atoms with Gasteiger partial charge in [-0.25, -0.2) is 0 Å². The predicted octanol–water partition coefficient (Wildman–Crippen LogP) is 1.58. The molecular formula is C17H19N5OS. The Morgan fingerprint density at radius 2 is 1.92 bits per heavy atom. The highest BCUT2D eigenvalue weighted by Gasteiger charge is 2.13. The van der Waals surface area contributed by atoms with E-state index in [0.29, 0.717) is 29.9 Å². The number of hydrogen-bond acceptors (Lipinski definition) is 4. The smallest absolute Gasteiger partial charge is 0.189 e. The number of nitrogens with two attached hydrogens (primary N) is 1. The monoisotopic (exact) mass is 341 g/mol. The van der Waals surface area contributed by atoms with E-state index in [-0.39, 0.29) is 0 Å². The summed E-state index contributed by atoms with van der Waals surface area (Å²) in [6.07, 6.45) is 1.72. The quantitative estimate of drug-likeness (QED) is 0.382. The Morgan fingerprint density at radius 1 is 1.17 bits per heavy atom. The van der Waals surface area contributed by atoms with Crippen LogP contribution in [0.5, 0.6) is 0 Å². The first-order chi connectivity index (χ1) is 11.7. The topological polar surface area (TPSA) is 75.8 Å². The van der Waals surface area contributed by atoms with Crippen molar-refractivity contribution in [2.45, 2.75) is 0 Å². The Kier molecular flexibility index (Phi) is 5.35. The molecule has 2 aromatic rings. The SMILES string of the molecule is N/C(=N\NC(=S)N1CCOCC1)c1cc(-c2ccccc2)ccn1. The lowest BCUT2D eigenvalue weighted by Crippen LogP contribution is -2.45.